The smallest absolute Gasteiger partial charge is 0.288 e. The van der Waals surface area contributed by atoms with E-state index in [0.29, 0.717) is 6.54 Å². The molecule has 1 amide bonds. The standard InChI is InChI=1S/C11H12ClN3O4/c12-9-8(3-7(4-13-9)15(18)19)10(17)14-5-11(6-16)1-2-11/h3-4,16H,1-2,5-6H2,(H,14,17). The summed E-state index contributed by atoms with van der Waals surface area (Å²) in [5, 5.41) is 22.3. The van der Waals surface area contributed by atoms with Crippen LogP contribution in [0.1, 0.15) is 23.2 Å². The first-order valence-corrected chi connectivity index (χ1v) is 6.04. The van der Waals surface area contributed by atoms with E-state index in [1.165, 1.54) is 0 Å². The summed E-state index contributed by atoms with van der Waals surface area (Å²) in [5.41, 5.74) is -0.571. The van der Waals surface area contributed by atoms with E-state index < -0.39 is 10.8 Å². The van der Waals surface area contributed by atoms with Crippen molar-refractivity contribution in [3.05, 3.63) is 33.1 Å². The van der Waals surface area contributed by atoms with Crippen LogP contribution in [-0.2, 0) is 0 Å². The molecule has 1 aliphatic rings. The molecule has 0 aromatic carbocycles. The lowest BCUT2D eigenvalue weighted by atomic mass is 10.1. The van der Waals surface area contributed by atoms with Crippen molar-refractivity contribution < 1.29 is 14.8 Å². The average Bonchev–Trinajstić information content (AvgIpc) is 3.17. The fourth-order valence-electron chi connectivity index (χ4n) is 1.63. The maximum absolute atomic E-state index is 11.9. The Bertz CT molecular complexity index is 531. The number of carbonyl (C=O) groups is 1. The molecule has 1 saturated carbocycles. The number of hydrogen-bond donors (Lipinski definition) is 2. The summed E-state index contributed by atoms with van der Waals surface area (Å²) < 4.78 is 0. The third-order valence-electron chi connectivity index (χ3n) is 3.20. The van der Waals surface area contributed by atoms with Crippen LogP contribution in [0.5, 0.6) is 0 Å². The Labute approximate surface area is 113 Å². The summed E-state index contributed by atoms with van der Waals surface area (Å²) >= 11 is 5.75. The number of carbonyl (C=O) groups excluding carboxylic acids is 1. The first kappa shape index (κ1) is 13.7. The maximum atomic E-state index is 11.9. The van der Waals surface area contributed by atoms with Crippen molar-refractivity contribution in [3.63, 3.8) is 0 Å². The number of amides is 1. The van der Waals surface area contributed by atoms with Crippen molar-refractivity contribution in [1.29, 1.82) is 0 Å². The molecular formula is C11H12ClN3O4. The zero-order valence-electron chi connectivity index (χ0n) is 9.93. The molecule has 1 aromatic heterocycles. The van der Waals surface area contributed by atoms with Crippen LogP contribution in [0.2, 0.25) is 5.15 Å². The molecular weight excluding hydrogens is 274 g/mol. The fourth-order valence-corrected chi connectivity index (χ4v) is 1.82. The second-order valence-electron chi connectivity index (χ2n) is 4.63. The zero-order valence-corrected chi connectivity index (χ0v) is 10.7. The molecule has 8 heteroatoms. The summed E-state index contributed by atoms with van der Waals surface area (Å²) in [4.78, 5) is 25.5. The molecule has 19 heavy (non-hydrogen) atoms. The molecule has 2 N–H and O–H groups in total. The van der Waals surface area contributed by atoms with E-state index >= 15 is 0 Å². The van der Waals surface area contributed by atoms with Gasteiger partial charge in [0.05, 0.1) is 17.1 Å². The van der Waals surface area contributed by atoms with Crippen LogP contribution in [0.3, 0.4) is 0 Å². The minimum Gasteiger partial charge on any atom is -0.396 e. The molecule has 0 atom stereocenters. The van der Waals surface area contributed by atoms with E-state index in [2.05, 4.69) is 10.3 Å². The minimum absolute atomic E-state index is 0.00813. The second kappa shape index (κ2) is 5.10. The van der Waals surface area contributed by atoms with E-state index in [9.17, 15) is 14.9 Å². The van der Waals surface area contributed by atoms with Crippen molar-refractivity contribution in [3.8, 4) is 0 Å². The quantitative estimate of drug-likeness (QED) is 0.479. The van der Waals surface area contributed by atoms with Gasteiger partial charge in [0, 0.05) is 18.0 Å². The van der Waals surface area contributed by atoms with E-state index in [1.54, 1.807) is 0 Å². The molecule has 102 valence electrons. The van der Waals surface area contributed by atoms with Gasteiger partial charge in [-0.2, -0.15) is 0 Å². The van der Waals surface area contributed by atoms with Crippen LogP contribution in [0, 0.1) is 15.5 Å². The molecule has 0 aliphatic heterocycles. The van der Waals surface area contributed by atoms with Gasteiger partial charge in [-0.05, 0) is 12.8 Å². The van der Waals surface area contributed by atoms with Crippen LogP contribution < -0.4 is 5.32 Å². The number of aromatic nitrogens is 1. The number of aliphatic hydroxyl groups excluding tert-OH is 1. The number of pyridine rings is 1. The summed E-state index contributed by atoms with van der Waals surface area (Å²) in [6.07, 6.45) is 2.70. The van der Waals surface area contributed by atoms with Crippen molar-refractivity contribution in [2.24, 2.45) is 5.41 Å². The second-order valence-corrected chi connectivity index (χ2v) is 4.99. The molecule has 1 aliphatic carbocycles. The normalized spacial score (nSPS) is 15.9. The van der Waals surface area contributed by atoms with E-state index in [1.807, 2.05) is 0 Å². The van der Waals surface area contributed by atoms with Gasteiger partial charge in [-0.15, -0.1) is 0 Å². The van der Waals surface area contributed by atoms with Crippen molar-refractivity contribution in [1.82, 2.24) is 10.3 Å². The van der Waals surface area contributed by atoms with Crippen LogP contribution in [0.15, 0.2) is 12.3 Å². The molecule has 1 aromatic rings. The SMILES string of the molecule is O=C(NCC1(CO)CC1)c1cc([N+](=O)[O-])cnc1Cl. The molecule has 0 radical (unpaired) electrons. The molecule has 0 bridgehead atoms. The third-order valence-corrected chi connectivity index (χ3v) is 3.50. The van der Waals surface area contributed by atoms with Gasteiger partial charge >= 0.3 is 0 Å². The number of aliphatic hydroxyl groups is 1. The Morgan fingerprint density at radius 1 is 1.63 bits per heavy atom. The van der Waals surface area contributed by atoms with E-state index in [0.717, 1.165) is 25.1 Å². The minimum atomic E-state index is -0.643. The van der Waals surface area contributed by atoms with Crippen molar-refractivity contribution in [2.75, 3.05) is 13.2 Å². The predicted octanol–water partition coefficient (Wildman–Crippen LogP) is 1.15. The largest absolute Gasteiger partial charge is 0.396 e. The van der Waals surface area contributed by atoms with Gasteiger partial charge in [-0.3, -0.25) is 14.9 Å². The summed E-state index contributed by atoms with van der Waals surface area (Å²) in [6, 6.07) is 1.09. The molecule has 7 nitrogen and oxygen atoms in total. The Morgan fingerprint density at radius 3 is 2.84 bits per heavy atom. The lowest BCUT2D eigenvalue weighted by molar-refractivity contribution is -0.385. The molecule has 0 saturated heterocycles. The van der Waals surface area contributed by atoms with Crippen LogP contribution in [0.25, 0.3) is 0 Å². The lowest BCUT2D eigenvalue weighted by Crippen LogP contribution is -2.32. The van der Waals surface area contributed by atoms with Gasteiger partial charge in [-0.25, -0.2) is 4.98 Å². The van der Waals surface area contributed by atoms with Gasteiger partial charge < -0.3 is 10.4 Å². The zero-order chi connectivity index (χ0) is 14.0. The number of nitrogens with zero attached hydrogens (tertiary/aromatic N) is 2. The lowest BCUT2D eigenvalue weighted by Gasteiger charge is -2.12. The highest BCUT2D eigenvalue weighted by Gasteiger charge is 2.42. The first-order valence-electron chi connectivity index (χ1n) is 5.66. The maximum Gasteiger partial charge on any atom is 0.288 e. The number of hydrogen-bond acceptors (Lipinski definition) is 5. The highest BCUT2D eigenvalue weighted by Crippen LogP contribution is 2.44. The Balaban J connectivity index is 2.10. The van der Waals surface area contributed by atoms with Gasteiger partial charge in [0.15, 0.2) is 0 Å². The molecule has 2 rings (SSSR count). The molecule has 0 spiro atoms. The number of halogens is 1. The van der Waals surface area contributed by atoms with Crippen molar-refractivity contribution >= 4 is 23.2 Å². The third kappa shape index (κ3) is 2.99. The van der Waals surface area contributed by atoms with Gasteiger partial charge in [0.25, 0.3) is 11.6 Å². The Hall–Kier alpha value is -1.73. The molecule has 1 heterocycles. The van der Waals surface area contributed by atoms with Gasteiger partial charge in [0.1, 0.15) is 11.3 Å². The van der Waals surface area contributed by atoms with Crippen LogP contribution >= 0.6 is 11.6 Å². The van der Waals surface area contributed by atoms with E-state index in [-0.39, 0.29) is 28.4 Å². The number of rotatable bonds is 5. The highest BCUT2D eigenvalue weighted by atomic mass is 35.5. The molecule has 0 unspecified atom stereocenters. The van der Waals surface area contributed by atoms with Crippen LogP contribution in [0.4, 0.5) is 5.69 Å². The fraction of sp³-hybridized carbons (Fsp3) is 0.455. The van der Waals surface area contributed by atoms with Gasteiger partial charge in [0.2, 0.25) is 0 Å². The monoisotopic (exact) mass is 285 g/mol. The van der Waals surface area contributed by atoms with Gasteiger partial charge in [-0.1, -0.05) is 11.6 Å². The van der Waals surface area contributed by atoms with Crippen molar-refractivity contribution in [2.45, 2.75) is 12.8 Å². The van der Waals surface area contributed by atoms with E-state index in [4.69, 9.17) is 16.7 Å². The summed E-state index contributed by atoms with van der Waals surface area (Å²) in [7, 11) is 0. The average molecular weight is 286 g/mol. The first-order chi connectivity index (χ1) is 8.97. The topological polar surface area (TPSA) is 105 Å². The van der Waals surface area contributed by atoms with Crippen LogP contribution in [-0.4, -0.2) is 34.1 Å². The highest BCUT2D eigenvalue weighted by molar-refractivity contribution is 6.32. The summed E-state index contributed by atoms with van der Waals surface area (Å²) in [6.45, 7) is 0.329. The Kier molecular flexibility index (Phi) is 3.68. The molecule has 1 fully saturated rings. The number of nitro groups is 1. The summed E-state index contributed by atoms with van der Waals surface area (Å²) in [5.74, 6) is -0.527. The Morgan fingerprint density at radius 2 is 2.32 bits per heavy atom. The number of nitrogens with one attached hydrogen (secondary N) is 1. The predicted molar refractivity (Wildman–Crippen MR) is 67.0 cm³/mol.